The SMILES string of the molecule is CN[C@@H]1CN(C[C@@H](O)Cc2ccc(OCC=C(C)C)cc2)C2(CCC3(CC2)OCCCCO3)C1. The molecule has 2 spiro atoms. The van der Waals surface area contributed by atoms with Gasteiger partial charge in [0.05, 0.1) is 19.3 Å². The molecule has 2 heterocycles. The fourth-order valence-electron chi connectivity index (χ4n) is 5.86. The topological polar surface area (TPSA) is 63.2 Å². The first-order valence-electron chi connectivity index (χ1n) is 13.2. The Hall–Kier alpha value is -1.44. The number of likely N-dealkylation sites (tertiary alicyclic amines) is 1. The van der Waals surface area contributed by atoms with Crippen LogP contribution >= 0.6 is 0 Å². The van der Waals surface area contributed by atoms with E-state index in [1.165, 1.54) is 5.57 Å². The maximum absolute atomic E-state index is 11.0. The number of likely N-dealkylation sites (N-methyl/N-ethyl adjacent to an activating group) is 1. The van der Waals surface area contributed by atoms with Crippen molar-refractivity contribution in [2.45, 2.75) is 88.7 Å². The molecule has 2 aliphatic heterocycles. The lowest BCUT2D eigenvalue weighted by Gasteiger charge is -2.48. The minimum atomic E-state index is -0.397. The smallest absolute Gasteiger partial charge is 0.168 e. The zero-order valence-corrected chi connectivity index (χ0v) is 21.4. The molecule has 4 rings (SSSR count). The van der Waals surface area contributed by atoms with Crippen molar-refractivity contribution < 1.29 is 19.3 Å². The van der Waals surface area contributed by atoms with Gasteiger partial charge >= 0.3 is 0 Å². The third kappa shape index (κ3) is 6.41. The number of nitrogens with one attached hydrogen (secondary N) is 1. The van der Waals surface area contributed by atoms with Crippen molar-refractivity contribution in [3.05, 3.63) is 41.5 Å². The van der Waals surface area contributed by atoms with Crippen LogP contribution < -0.4 is 10.1 Å². The van der Waals surface area contributed by atoms with Crippen LogP contribution in [-0.2, 0) is 15.9 Å². The molecular weight excluding hydrogens is 428 g/mol. The van der Waals surface area contributed by atoms with Crippen molar-refractivity contribution in [3.8, 4) is 5.75 Å². The van der Waals surface area contributed by atoms with Gasteiger partial charge in [0.25, 0.3) is 0 Å². The predicted molar refractivity (Wildman–Crippen MR) is 135 cm³/mol. The first-order valence-corrected chi connectivity index (χ1v) is 13.2. The summed E-state index contributed by atoms with van der Waals surface area (Å²) in [6.45, 7) is 8.04. The monoisotopic (exact) mass is 472 g/mol. The van der Waals surface area contributed by atoms with Gasteiger partial charge in [-0.3, -0.25) is 4.90 Å². The molecule has 0 aromatic heterocycles. The van der Waals surface area contributed by atoms with Crippen molar-refractivity contribution in [2.75, 3.05) is 40.0 Å². The molecule has 1 aromatic carbocycles. The second kappa shape index (κ2) is 11.5. The maximum Gasteiger partial charge on any atom is 0.168 e. The molecular formula is C28H44N2O4. The molecule has 1 saturated carbocycles. The molecule has 2 saturated heterocycles. The Morgan fingerprint density at radius 2 is 1.82 bits per heavy atom. The summed E-state index contributed by atoms with van der Waals surface area (Å²) < 4.78 is 18.2. The summed E-state index contributed by atoms with van der Waals surface area (Å²) in [5.41, 5.74) is 2.52. The van der Waals surface area contributed by atoms with Crippen LogP contribution in [0.25, 0.3) is 0 Å². The molecule has 6 nitrogen and oxygen atoms in total. The van der Waals surface area contributed by atoms with E-state index in [1.54, 1.807) is 0 Å². The number of hydrogen-bond acceptors (Lipinski definition) is 6. The van der Waals surface area contributed by atoms with Gasteiger partial charge in [-0.15, -0.1) is 0 Å². The van der Waals surface area contributed by atoms with Gasteiger partial charge in [-0.05, 0) is 83.2 Å². The second-order valence-corrected chi connectivity index (χ2v) is 10.7. The van der Waals surface area contributed by atoms with Gasteiger partial charge in [-0.1, -0.05) is 17.7 Å². The molecule has 3 aliphatic rings. The van der Waals surface area contributed by atoms with Crippen LogP contribution in [0.1, 0.15) is 64.4 Å². The Morgan fingerprint density at radius 1 is 1.15 bits per heavy atom. The summed E-state index contributed by atoms with van der Waals surface area (Å²) in [6, 6.07) is 8.62. The molecule has 2 N–H and O–H groups in total. The van der Waals surface area contributed by atoms with Gasteiger partial charge in [0, 0.05) is 37.5 Å². The Morgan fingerprint density at radius 3 is 2.44 bits per heavy atom. The van der Waals surface area contributed by atoms with Crippen molar-refractivity contribution in [1.29, 1.82) is 0 Å². The minimum absolute atomic E-state index is 0.127. The third-order valence-corrected chi connectivity index (χ3v) is 7.93. The fourth-order valence-corrected chi connectivity index (χ4v) is 5.86. The molecule has 0 unspecified atom stereocenters. The lowest BCUT2D eigenvalue weighted by Crippen LogP contribution is -2.53. The number of hydrogen-bond donors (Lipinski definition) is 2. The highest BCUT2D eigenvalue weighted by molar-refractivity contribution is 5.28. The quantitative estimate of drug-likeness (QED) is 0.557. The van der Waals surface area contributed by atoms with Crippen molar-refractivity contribution in [1.82, 2.24) is 10.2 Å². The van der Waals surface area contributed by atoms with Crippen LogP contribution in [0.4, 0.5) is 0 Å². The van der Waals surface area contributed by atoms with Crippen LogP contribution in [0.2, 0.25) is 0 Å². The zero-order valence-electron chi connectivity index (χ0n) is 21.4. The van der Waals surface area contributed by atoms with E-state index in [2.05, 4.69) is 49.3 Å². The van der Waals surface area contributed by atoms with E-state index in [0.717, 1.165) is 76.0 Å². The summed E-state index contributed by atoms with van der Waals surface area (Å²) in [5.74, 6) is 0.490. The summed E-state index contributed by atoms with van der Waals surface area (Å²) in [4.78, 5) is 2.55. The molecule has 1 aliphatic carbocycles. The van der Waals surface area contributed by atoms with Crippen molar-refractivity contribution in [2.24, 2.45) is 0 Å². The van der Waals surface area contributed by atoms with Crippen LogP contribution in [-0.4, -0.2) is 73.4 Å². The van der Waals surface area contributed by atoms with E-state index >= 15 is 0 Å². The first-order chi connectivity index (χ1) is 16.4. The normalized spacial score (nSPS) is 25.2. The summed E-state index contributed by atoms with van der Waals surface area (Å²) in [6.07, 6.45) is 9.67. The van der Waals surface area contributed by atoms with Gasteiger partial charge < -0.3 is 24.6 Å². The highest BCUT2D eigenvalue weighted by Crippen LogP contribution is 2.47. The average molecular weight is 473 g/mol. The number of ether oxygens (including phenoxy) is 3. The van der Waals surface area contributed by atoms with E-state index in [4.69, 9.17) is 14.2 Å². The number of benzene rings is 1. The second-order valence-electron chi connectivity index (χ2n) is 10.7. The molecule has 3 fully saturated rings. The minimum Gasteiger partial charge on any atom is -0.490 e. The number of aliphatic hydroxyl groups excluding tert-OH is 1. The Balaban J connectivity index is 1.33. The van der Waals surface area contributed by atoms with E-state index in [1.807, 2.05) is 12.1 Å². The molecule has 0 bridgehead atoms. The number of aliphatic hydroxyl groups is 1. The van der Waals surface area contributed by atoms with Gasteiger partial charge in [0.15, 0.2) is 5.79 Å². The van der Waals surface area contributed by atoms with E-state index in [-0.39, 0.29) is 11.3 Å². The van der Waals surface area contributed by atoms with Gasteiger partial charge in [-0.25, -0.2) is 0 Å². The van der Waals surface area contributed by atoms with E-state index in [0.29, 0.717) is 25.6 Å². The summed E-state index contributed by atoms with van der Waals surface area (Å²) in [5, 5.41) is 14.5. The molecule has 1 aromatic rings. The highest BCUT2D eigenvalue weighted by atomic mass is 16.7. The van der Waals surface area contributed by atoms with Crippen LogP contribution in [0.15, 0.2) is 35.9 Å². The predicted octanol–water partition coefficient (Wildman–Crippen LogP) is 4.06. The Bertz CT molecular complexity index is 787. The van der Waals surface area contributed by atoms with Crippen molar-refractivity contribution >= 4 is 0 Å². The number of allylic oxidation sites excluding steroid dienone is 1. The Kier molecular flexibility index (Phi) is 8.70. The Labute approximate surface area is 205 Å². The van der Waals surface area contributed by atoms with Gasteiger partial charge in [-0.2, -0.15) is 0 Å². The largest absolute Gasteiger partial charge is 0.490 e. The van der Waals surface area contributed by atoms with E-state index in [9.17, 15) is 5.11 Å². The van der Waals surface area contributed by atoms with Gasteiger partial charge in [0.1, 0.15) is 12.4 Å². The van der Waals surface area contributed by atoms with Crippen LogP contribution in [0.3, 0.4) is 0 Å². The molecule has 2 atom stereocenters. The van der Waals surface area contributed by atoms with E-state index < -0.39 is 6.10 Å². The molecule has 6 heteroatoms. The highest BCUT2D eigenvalue weighted by Gasteiger charge is 2.51. The van der Waals surface area contributed by atoms with Crippen molar-refractivity contribution in [3.63, 3.8) is 0 Å². The fraction of sp³-hybridized carbons (Fsp3) is 0.714. The molecule has 34 heavy (non-hydrogen) atoms. The number of β-amino-alcohol motifs (C(OH)–C–C–N with tert-alkyl or cyclic N) is 1. The lowest BCUT2D eigenvalue weighted by atomic mass is 9.76. The molecule has 0 radical (unpaired) electrons. The summed E-state index contributed by atoms with van der Waals surface area (Å²) in [7, 11) is 2.06. The lowest BCUT2D eigenvalue weighted by molar-refractivity contribution is -0.251. The first kappa shape index (κ1) is 25.6. The number of rotatable bonds is 8. The van der Waals surface area contributed by atoms with Crippen LogP contribution in [0.5, 0.6) is 5.75 Å². The van der Waals surface area contributed by atoms with Gasteiger partial charge in [0.2, 0.25) is 0 Å². The zero-order chi connectivity index (χ0) is 24.0. The third-order valence-electron chi connectivity index (χ3n) is 7.93. The summed E-state index contributed by atoms with van der Waals surface area (Å²) >= 11 is 0. The number of nitrogens with zero attached hydrogens (tertiary/aromatic N) is 1. The molecule has 190 valence electrons. The standard InChI is InChI=1S/C28H44N2O4/c1-22(2)10-17-32-26-8-6-23(7-9-26)18-25(31)21-30-20-24(29-3)19-27(30)11-13-28(14-12-27)33-15-4-5-16-34-28/h6-10,24-25,29,31H,4-5,11-21H2,1-3H3/t24-,25-/m0/s1. The molecule has 0 amide bonds. The van der Waals surface area contributed by atoms with Crippen LogP contribution in [0, 0.1) is 0 Å². The average Bonchev–Trinajstić information content (AvgIpc) is 2.99. The maximum atomic E-state index is 11.0.